The number of sulfone groups is 1. The maximum absolute atomic E-state index is 13.5. The molecule has 0 heterocycles. The first-order valence-electron chi connectivity index (χ1n) is 9.61. The van der Waals surface area contributed by atoms with Gasteiger partial charge in [-0.3, -0.25) is 9.59 Å². The number of hydrogen-bond acceptors (Lipinski definition) is 6. The van der Waals surface area contributed by atoms with Crippen LogP contribution < -0.4 is 0 Å². The SMILES string of the molecule is CCOC(=O)C1(C(=O)OCC)[C@H](S(=O)(=O)c2ccc(Cl)cc2)[C@@H]1c1ccc(C)cc1. The largest absolute Gasteiger partial charge is 0.465 e. The van der Waals surface area contributed by atoms with E-state index >= 15 is 0 Å². The summed E-state index contributed by atoms with van der Waals surface area (Å²) in [5.41, 5.74) is -0.432. The smallest absolute Gasteiger partial charge is 0.325 e. The highest BCUT2D eigenvalue weighted by Gasteiger charge is 2.81. The van der Waals surface area contributed by atoms with E-state index in [4.69, 9.17) is 21.1 Å². The summed E-state index contributed by atoms with van der Waals surface area (Å²) in [7, 11) is -4.08. The number of ether oxygens (including phenoxy) is 2. The molecule has 6 nitrogen and oxygen atoms in total. The normalized spacial score (nSPS) is 19.7. The van der Waals surface area contributed by atoms with Crippen molar-refractivity contribution < 1.29 is 27.5 Å². The second-order valence-electron chi connectivity index (χ2n) is 7.12. The van der Waals surface area contributed by atoms with Gasteiger partial charge in [0.15, 0.2) is 15.3 Å². The number of aryl methyl sites for hydroxylation is 1. The van der Waals surface area contributed by atoms with Crippen LogP contribution in [0.1, 0.15) is 30.9 Å². The maximum Gasteiger partial charge on any atom is 0.325 e. The molecule has 1 aliphatic carbocycles. The molecule has 0 N–H and O–H groups in total. The van der Waals surface area contributed by atoms with Crippen molar-refractivity contribution in [3.63, 3.8) is 0 Å². The summed E-state index contributed by atoms with van der Waals surface area (Å²) < 4.78 is 37.4. The van der Waals surface area contributed by atoms with Gasteiger partial charge in [0.1, 0.15) is 5.25 Å². The molecule has 1 aliphatic rings. The molecule has 0 aliphatic heterocycles. The highest BCUT2D eigenvalue weighted by molar-refractivity contribution is 7.92. The number of carbonyl (C=O) groups excluding carboxylic acids is 2. The molecule has 0 aromatic heterocycles. The van der Waals surface area contributed by atoms with Crippen molar-refractivity contribution in [2.75, 3.05) is 13.2 Å². The highest BCUT2D eigenvalue weighted by Crippen LogP contribution is 2.65. The summed E-state index contributed by atoms with van der Waals surface area (Å²) in [5.74, 6) is -2.70. The molecule has 3 rings (SSSR count). The summed E-state index contributed by atoms with van der Waals surface area (Å²) in [4.78, 5) is 26.0. The predicted molar refractivity (Wildman–Crippen MR) is 112 cm³/mol. The number of hydrogen-bond donors (Lipinski definition) is 0. The minimum absolute atomic E-state index is 0.00825. The number of rotatable bonds is 7. The fraction of sp³-hybridized carbons (Fsp3) is 0.364. The summed E-state index contributed by atoms with van der Waals surface area (Å²) in [6.45, 7) is 5.11. The molecule has 2 atom stereocenters. The molecular formula is C22H23ClO6S. The van der Waals surface area contributed by atoms with Crippen LogP contribution in [-0.2, 0) is 28.9 Å². The third-order valence-electron chi connectivity index (χ3n) is 5.27. The van der Waals surface area contributed by atoms with E-state index < -0.39 is 38.4 Å². The van der Waals surface area contributed by atoms with Crippen molar-refractivity contribution in [3.8, 4) is 0 Å². The third-order valence-corrected chi connectivity index (χ3v) is 7.77. The molecule has 8 heteroatoms. The van der Waals surface area contributed by atoms with E-state index in [9.17, 15) is 18.0 Å². The van der Waals surface area contributed by atoms with Crippen LogP contribution in [0.3, 0.4) is 0 Å². The number of carbonyl (C=O) groups is 2. The monoisotopic (exact) mass is 450 g/mol. The highest BCUT2D eigenvalue weighted by atomic mass is 35.5. The molecule has 160 valence electrons. The molecule has 0 saturated heterocycles. The first-order valence-corrected chi connectivity index (χ1v) is 11.5. The molecule has 0 radical (unpaired) electrons. The Bertz CT molecular complexity index is 1030. The number of halogens is 1. The van der Waals surface area contributed by atoms with Crippen LogP contribution in [0.15, 0.2) is 53.4 Å². The van der Waals surface area contributed by atoms with Crippen molar-refractivity contribution in [1.82, 2.24) is 0 Å². The number of esters is 2. The Hall–Kier alpha value is -2.38. The van der Waals surface area contributed by atoms with Gasteiger partial charge in [-0.05, 0) is 50.6 Å². The molecule has 30 heavy (non-hydrogen) atoms. The first kappa shape index (κ1) is 22.3. The van der Waals surface area contributed by atoms with Crippen LogP contribution >= 0.6 is 11.6 Å². The second-order valence-corrected chi connectivity index (χ2v) is 9.62. The second kappa shape index (κ2) is 8.40. The molecule has 0 unspecified atom stereocenters. The first-order chi connectivity index (χ1) is 14.2. The van der Waals surface area contributed by atoms with Crippen molar-refractivity contribution in [3.05, 3.63) is 64.7 Å². The van der Waals surface area contributed by atoms with Gasteiger partial charge in [-0.15, -0.1) is 0 Å². The van der Waals surface area contributed by atoms with E-state index in [1.54, 1.807) is 38.1 Å². The van der Waals surface area contributed by atoms with E-state index in [0.717, 1.165) is 5.56 Å². The summed E-state index contributed by atoms with van der Waals surface area (Å²) in [6, 6.07) is 12.7. The minimum atomic E-state index is -4.08. The summed E-state index contributed by atoms with van der Waals surface area (Å²) in [6.07, 6.45) is 0. The van der Waals surface area contributed by atoms with Crippen LogP contribution in [0.25, 0.3) is 0 Å². The fourth-order valence-electron chi connectivity index (χ4n) is 3.83. The van der Waals surface area contributed by atoms with E-state index in [1.165, 1.54) is 24.3 Å². The zero-order valence-corrected chi connectivity index (χ0v) is 18.5. The van der Waals surface area contributed by atoms with Crippen LogP contribution in [0, 0.1) is 12.3 Å². The predicted octanol–water partition coefficient (Wildman–Crippen LogP) is 3.70. The quantitative estimate of drug-likeness (QED) is 0.472. The van der Waals surface area contributed by atoms with Crippen LogP contribution in [-0.4, -0.2) is 38.8 Å². The van der Waals surface area contributed by atoms with E-state index in [-0.39, 0.29) is 18.1 Å². The van der Waals surface area contributed by atoms with Crippen LogP contribution in [0.2, 0.25) is 5.02 Å². The molecule has 2 aromatic carbocycles. The van der Waals surface area contributed by atoms with Crippen LogP contribution in [0.4, 0.5) is 0 Å². The summed E-state index contributed by atoms with van der Waals surface area (Å²) >= 11 is 5.89. The van der Waals surface area contributed by atoms with E-state index in [0.29, 0.717) is 10.6 Å². The molecule has 0 bridgehead atoms. The van der Waals surface area contributed by atoms with E-state index in [2.05, 4.69) is 0 Å². The molecule has 1 fully saturated rings. The minimum Gasteiger partial charge on any atom is -0.465 e. The lowest BCUT2D eigenvalue weighted by Gasteiger charge is -2.15. The molecule has 0 amide bonds. The Morgan fingerprint density at radius 3 is 1.90 bits per heavy atom. The average Bonchev–Trinajstić information content (AvgIpc) is 3.42. The molecule has 1 saturated carbocycles. The third kappa shape index (κ3) is 3.61. The van der Waals surface area contributed by atoms with Gasteiger partial charge < -0.3 is 9.47 Å². The Kier molecular flexibility index (Phi) is 6.24. The lowest BCUT2D eigenvalue weighted by Crippen LogP contribution is -2.35. The van der Waals surface area contributed by atoms with Gasteiger partial charge in [0.05, 0.1) is 18.1 Å². The van der Waals surface area contributed by atoms with Crippen LogP contribution in [0.5, 0.6) is 0 Å². The van der Waals surface area contributed by atoms with Gasteiger partial charge in [-0.25, -0.2) is 8.42 Å². The fourth-order valence-corrected chi connectivity index (χ4v) is 6.25. The van der Waals surface area contributed by atoms with Crippen molar-refractivity contribution in [1.29, 1.82) is 0 Å². The molecular weight excluding hydrogens is 428 g/mol. The van der Waals surface area contributed by atoms with Gasteiger partial charge in [0, 0.05) is 10.9 Å². The average molecular weight is 451 g/mol. The van der Waals surface area contributed by atoms with Gasteiger partial charge in [0.2, 0.25) is 0 Å². The van der Waals surface area contributed by atoms with Gasteiger partial charge in [-0.2, -0.15) is 0 Å². The van der Waals surface area contributed by atoms with Gasteiger partial charge in [0.25, 0.3) is 0 Å². The number of benzene rings is 2. The zero-order valence-electron chi connectivity index (χ0n) is 16.9. The maximum atomic E-state index is 13.5. The molecule has 0 spiro atoms. The lowest BCUT2D eigenvalue weighted by atomic mass is 9.98. The topological polar surface area (TPSA) is 86.7 Å². The van der Waals surface area contributed by atoms with E-state index in [1.807, 2.05) is 6.92 Å². The Balaban J connectivity index is 2.19. The Labute approximate surface area is 181 Å². The van der Waals surface area contributed by atoms with Gasteiger partial charge >= 0.3 is 11.9 Å². The van der Waals surface area contributed by atoms with Crippen molar-refractivity contribution in [2.24, 2.45) is 5.41 Å². The standard InChI is InChI=1S/C22H23ClO6S/c1-4-28-20(24)22(21(25)29-5-2)18(15-8-6-14(3)7-9-15)19(22)30(26,27)17-12-10-16(23)11-13-17/h6-13,18-19H,4-5H2,1-3H3/t18-,19+/m0/s1. The summed E-state index contributed by atoms with van der Waals surface area (Å²) in [5, 5.41) is -0.964. The Morgan fingerprint density at radius 1 is 0.933 bits per heavy atom. The zero-order chi connectivity index (χ0) is 22.1. The molecule has 2 aromatic rings. The van der Waals surface area contributed by atoms with Crippen molar-refractivity contribution >= 4 is 33.4 Å². The van der Waals surface area contributed by atoms with Gasteiger partial charge in [-0.1, -0.05) is 41.4 Å². The van der Waals surface area contributed by atoms with Crippen molar-refractivity contribution in [2.45, 2.75) is 36.8 Å². The Morgan fingerprint density at radius 2 is 1.43 bits per heavy atom. The lowest BCUT2D eigenvalue weighted by molar-refractivity contribution is -0.164.